The van der Waals surface area contributed by atoms with Gasteiger partial charge in [0.25, 0.3) is 5.56 Å². The molecule has 0 bridgehead atoms. The predicted molar refractivity (Wildman–Crippen MR) is 78.1 cm³/mol. The lowest BCUT2D eigenvalue weighted by Crippen LogP contribution is -2.33. The third-order valence-corrected chi connectivity index (χ3v) is 4.27. The molecule has 0 aromatic carbocycles. The van der Waals surface area contributed by atoms with Gasteiger partial charge in [0, 0.05) is 25.1 Å². The second-order valence-corrected chi connectivity index (χ2v) is 6.64. The number of aliphatic hydroxyl groups excluding tert-OH is 1. The lowest BCUT2D eigenvalue weighted by atomic mass is 10.2. The first-order valence-electron chi connectivity index (χ1n) is 6.92. The van der Waals surface area contributed by atoms with Crippen LogP contribution in [0.2, 0.25) is 0 Å². The van der Waals surface area contributed by atoms with Crippen LogP contribution >= 0.6 is 7.82 Å². The number of aromatic nitrogens is 2. The molecule has 0 saturated carbocycles. The smallest absolute Gasteiger partial charge is 0.390 e. The van der Waals surface area contributed by atoms with Crippen LogP contribution in [0.3, 0.4) is 0 Å². The van der Waals surface area contributed by atoms with Gasteiger partial charge in [-0.1, -0.05) is 0 Å². The lowest BCUT2D eigenvalue weighted by Gasteiger charge is -2.17. The minimum atomic E-state index is -4.60. The summed E-state index contributed by atoms with van der Waals surface area (Å²) in [5, 5.41) is 9.94. The number of nitrogens with one attached hydrogen (secondary N) is 1. The number of phosphoric ester groups is 1. The molecule has 2 heterocycles. The van der Waals surface area contributed by atoms with Gasteiger partial charge in [-0.3, -0.25) is 28.6 Å². The van der Waals surface area contributed by atoms with Gasteiger partial charge in [-0.15, -0.1) is 0 Å². The average molecular weight is 364 g/mol. The van der Waals surface area contributed by atoms with E-state index in [9.17, 15) is 28.9 Å². The normalized spacial score (nSPS) is 26.1. The lowest BCUT2D eigenvalue weighted by molar-refractivity contribution is -0.133. The highest BCUT2D eigenvalue weighted by atomic mass is 31.2. The molecule has 1 unspecified atom stereocenters. The van der Waals surface area contributed by atoms with Gasteiger partial charge in [-0.05, 0) is 6.92 Å². The van der Waals surface area contributed by atoms with Crippen LogP contribution in [0.25, 0.3) is 0 Å². The van der Waals surface area contributed by atoms with E-state index in [2.05, 4.69) is 14.0 Å². The molecule has 134 valence electrons. The molecule has 3 N–H and O–H groups in total. The van der Waals surface area contributed by atoms with Crippen LogP contribution < -0.4 is 11.2 Å². The summed E-state index contributed by atoms with van der Waals surface area (Å²) in [6.45, 7) is 1.91. The molecule has 1 saturated heterocycles. The molecule has 0 spiro atoms. The molecule has 1 aliphatic rings. The first-order chi connectivity index (χ1) is 11.1. The van der Waals surface area contributed by atoms with E-state index in [0.29, 0.717) is 0 Å². The van der Waals surface area contributed by atoms with E-state index in [4.69, 9.17) is 4.74 Å². The largest absolute Gasteiger partial charge is 0.529 e. The minimum Gasteiger partial charge on any atom is -0.390 e. The third-order valence-electron chi connectivity index (χ3n) is 3.31. The number of aromatic amines is 1. The Balaban J connectivity index is 2.06. The Morgan fingerprint density at radius 3 is 2.83 bits per heavy atom. The van der Waals surface area contributed by atoms with Crippen molar-refractivity contribution in [3.63, 3.8) is 0 Å². The van der Waals surface area contributed by atoms with Gasteiger partial charge in [0.2, 0.25) is 0 Å². The van der Waals surface area contributed by atoms with Crippen molar-refractivity contribution >= 4 is 13.8 Å². The highest BCUT2D eigenvalue weighted by Gasteiger charge is 2.38. The Morgan fingerprint density at radius 2 is 2.21 bits per heavy atom. The van der Waals surface area contributed by atoms with Gasteiger partial charge in [0.1, 0.15) is 12.3 Å². The second-order valence-electron chi connectivity index (χ2n) is 5.26. The highest BCUT2D eigenvalue weighted by Crippen LogP contribution is 2.44. The van der Waals surface area contributed by atoms with Crippen molar-refractivity contribution in [2.75, 3.05) is 6.61 Å². The molecule has 11 nitrogen and oxygen atoms in total. The van der Waals surface area contributed by atoms with Crippen molar-refractivity contribution in [1.82, 2.24) is 9.55 Å². The molecule has 12 heteroatoms. The number of H-pyrrole nitrogens is 1. The van der Waals surface area contributed by atoms with Gasteiger partial charge >= 0.3 is 19.5 Å². The molecule has 1 fully saturated rings. The summed E-state index contributed by atoms with van der Waals surface area (Å²) in [4.78, 5) is 45.2. The van der Waals surface area contributed by atoms with E-state index in [1.807, 2.05) is 0 Å². The van der Waals surface area contributed by atoms with Crippen LogP contribution in [0.5, 0.6) is 0 Å². The van der Waals surface area contributed by atoms with E-state index in [0.717, 1.165) is 11.5 Å². The number of hydrogen-bond acceptors (Lipinski definition) is 8. The number of rotatable bonds is 5. The molecule has 1 aromatic heterocycles. The Morgan fingerprint density at radius 1 is 1.54 bits per heavy atom. The highest BCUT2D eigenvalue weighted by molar-refractivity contribution is 7.48. The summed E-state index contributed by atoms with van der Waals surface area (Å²) < 4.78 is 26.7. The zero-order chi connectivity index (χ0) is 18.1. The van der Waals surface area contributed by atoms with Crippen LogP contribution in [0.4, 0.5) is 0 Å². The van der Waals surface area contributed by atoms with Crippen molar-refractivity contribution in [2.45, 2.75) is 38.7 Å². The fourth-order valence-electron chi connectivity index (χ4n) is 2.19. The summed E-state index contributed by atoms with van der Waals surface area (Å²) in [6.07, 6.45) is -1.71. The fourth-order valence-corrected chi connectivity index (χ4v) is 2.91. The SMILES string of the molecule is CC(=O)OP(=O)(O)OC[C@H]1O[C@@H](n2cc(C)c(=O)[nH]c2=O)C[C@@H]1O. The van der Waals surface area contributed by atoms with Gasteiger partial charge in [-0.25, -0.2) is 9.36 Å². The molecule has 1 aliphatic heterocycles. The van der Waals surface area contributed by atoms with E-state index in [1.165, 1.54) is 13.1 Å². The van der Waals surface area contributed by atoms with E-state index in [1.54, 1.807) is 0 Å². The molecule has 4 atom stereocenters. The minimum absolute atomic E-state index is 0.00269. The Bertz CT molecular complexity index is 785. The summed E-state index contributed by atoms with van der Waals surface area (Å²) in [7, 11) is -4.60. The van der Waals surface area contributed by atoms with Gasteiger partial charge in [0.15, 0.2) is 0 Å². The number of ether oxygens (including phenoxy) is 1. The van der Waals surface area contributed by atoms with Crippen LogP contribution in [-0.2, 0) is 23.1 Å². The number of aryl methyl sites for hydroxylation is 1. The zero-order valence-corrected chi connectivity index (χ0v) is 13.8. The summed E-state index contributed by atoms with van der Waals surface area (Å²) >= 11 is 0. The van der Waals surface area contributed by atoms with Crippen LogP contribution in [0, 0.1) is 6.92 Å². The van der Waals surface area contributed by atoms with Crippen LogP contribution in [0.15, 0.2) is 15.8 Å². The van der Waals surface area contributed by atoms with Crippen molar-refractivity contribution < 1.29 is 33.1 Å². The average Bonchev–Trinajstić information content (AvgIpc) is 2.80. The quantitative estimate of drug-likeness (QED) is 0.567. The topological polar surface area (TPSA) is 157 Å². The number of phosphoric acid groups is 1. The number of carbonyl (C=O) groups excluding carboxylic acids is 1. The molecule has 1 aromatic rings. The molecule has 24 heavy (non-hydrogen) atoms. The monoisotopic (exact) mass is 364 g/mol. The second kappa shape index (κ2) is 6.99. The summed E-state index contributed by atoms with van der Waals surface area (Å²) in [5.74, 6) is -0.998. The molecular weight excluding hydrogens is 347 g/mol. The molecular formula is C12H17N2O9P. The first kappa shape index (κ1) is 18.6. The number of carbonyl (C=O) groups is 1. The van der Waals surface area contributed by atoms with E-state index in [-0.39, 0.29) is 12.0 Å². The third kappa shape index (κ3) is 4.40. The van der Waals surface area contributed by atoms with Crippen LogP contribution in [0.1, 0.15) is 25.1 Å². The maximum atomic E-state index is 11.8. The van der Waals surface area contributed by atoms with Crippen LogP contribution in [-0.4, -0.2) is 44.3 Å². The van der Waals surface area contributed by atoms with E-state index < -0.39 is 50.1 Å². The maximum Gasteiger partial charge on any atom is 0.529 e. The summed E-state index contributed by atoms with van der Waals surface area (Å²) in [6, 6.07) is 0. The Hall–Kier alpha value is -1.78. The predicted octanol–water partition coefficient (Wildman–Crippen LogP) is -0.826. The number of hydrogen-bond donors (Lipinski definition) is 3. The van der Waals surface area contributed by atoms with Gasteiger partial charge < -0.3 is 14.4 Å². The standard InChI is InChI=1S/C12H17N2O9P/c1-6-4-14(12(18)13-11(6)17)10-3-8(16)9(22-10)5-21-24(19,20)23-7(2)15/h4,8-10,16H,3,5H2,1-2H3,(H,19,20)(H,13,17,18)/t8-,9+,10+/m0/s1. The fraction of sp³-hybridized carbons (Fsp3) is 0.583. The first-order valence-corrected chi connectivity index (χ1v) is 8.41. The molecule has 0 radical (unpaired) electrons. The molecule has 0 amide bonds. The van der Waals surface area contributed by atoms with Crippen molar-refractivity contribution in [1.29, 1.82) is 0 Å². The van der Waals surface area contributed by atoms with Gasteiger partial charge in [-0.2, -0.15) is 0 Å². The zero-order valence-electron chi connectivity index (χ0n) is 12.9. The Kier molecular flexibility index (Phi) is 5.41. The number of aliphatic hydroxyl groups is 1. The van der Waals surface area contributed by atoms with Crippen molar-refractivity contribution in [3.05, 3.63) is 32.6 Å². The molecule has 0 aliphatic carbocycles. The maximum absolute atomic E-state index is 11.8. The van der Waals surface area contributed by atoms with E-state index >= 15 is 0 Å². The summed E-state index contributed by atoms with van der Waals surface area (Å²) in [5.41, 5.74) is -0.962. The van der Waals surface area contributed by atoms with Gasteiger partial charge in [0.05, 0.1) is 12.7 Å². The number of nitrogens with zero attached hydrogens (tertiary/aromatic N) is 1. The Labute approximate surface area is 135 Å². The molecule has 2 rings (SSSR count). The van der Waals surface area contributed by atoms with Crippen molar-refractivity contribution in [2.24, 2.45) is 0 Å². The van der Waals surface area contributed by atoms with Crippen molar-refractivity contribution in [3.8, 4) is 0 Å².